The van der Waals surface area contributed by atoms with Gasteiger partial charge in [-0.1, -0.05) is 17.7 Å². The molecule has 6 nitrogen and oxygen atoms in total. The first-order chi connectivity index (χ1) is 13.0. The van der Waals surface area contributed by atoms with Crippen LogP contribution in [0.3, 0.4) is 0 Å². The second-order valence-electron chi connectivity index (χ2n) is 6.67. The van der Waals surface area contributed by atoms with Gasteiger partial charge in [-0.15, -0.1) is 0 Å². The van der Waals surface area contributed by atoms with Crippen LogP contribution in [0.15, 0.2) is 36.5 Å². The second-order valence-corrected chi connectivity index (χ2v) is 7.10. The quantitative estimate of drug-likeness (QED) is 0.701. The summed E-state index contributed by atoms with van der Waals surface area (Å²) in [5, 5.41) is 0.616. The van der Waals surface area contributed by atoms with E-state index in [4.69, 9.17) is 28.9 Å². The molecule has 0 saturated carbocycles. The van der Waals surface area contributed by atoms with Crippen molar-refractivity contribution in [2.45, 2.75) is 25.2 Å². The number of nitrogens with two attached hydrogens (primary N) is 1. The average molecular weight is 385 g/mol. The van der Waals surface area contributed by atoms with Gasteiger partial charge in [0.25, 0.3) is 0 Å². The summed E-state index contributed by atoms with van der Waals surface area (Å²) >= 11 is 6.20. The lowest BCUT2D eigenvalue weighted by Crippen LogP contribution is -2.50. The van der Waals surface area contributed by atoms with Gasteiger partial charge in [-0.2, -0.15) is 0 Å². The van der Waals surface area contributed by atoms with Crippen molar-refractivity contribution >= 4 is 34.3 Å². The number of aromatic nitrogens is 3. The van der Waals surface area contributed by atoms with Crippen LogP contribution in [-0.2, 0) is 6.54 Å². The normalized spacial score (nSPS) is 20.0. The van der Waals surface area contributed by atoms with Gasteiger partial charge in [0.05, 0.1) is 35.9 Å². The van der Waals surface area contributed by atoms with Gasteiger partial charge in [-0.25, -0.2) is 14.2 Å². The highest BCUT2D eigenvalue weighted by Crippen LogP contribution is 2.28. The molecule has 1 aliphatic rings. The fourth-order valence-electron chi connectivity index (χ4n) is 3.35. The molecule has 0 radical (unpaired) electrons. The van der Waals surface area contributed by atoms with Gasteiger partial charge in [-0.05, 0) is 30.7 Å². The molecule has 1 fully saturated rings. The lowest BCUT2D eigenvalue weighted by Gasteiger charge is -2.34. The van der Waals surface area contributed by atoms with Crippen LogP contribution in [0.1, 0.15) is 12.1 Å². The van der Waals surface area contributed by atoms with Gasteiger partial charge in [0.1, 0.15) is 6.17 Å². The van der Waals surface area contributed by atoms with Crippen LogP contribution in [0.25, 0.3) is 15.9 Å². The third kappa shape index (κ3) is 3.46. The number of benzene rings is 1. The van der Waals surface area contributed by atoms with Gasteiger partial charge in [0, 0.05) is 24.3 Å². The molecule has 4 rings (SSSR count). The number of hydrogen-bond acceptors (Lipinski definition) is 4. The predicted octanol–water partition coefficient (Wildman–Crippen LogP) is 3.56. The van der Waals surface area contributed by atoms with Crippen molar-refractivity contribution in [3.8, 4) is 0 Å². The first-order valence-electron chi connectivity index (χ1n) is 8.68. The van der Waals surface area contributed by atoms with Crippen LogP contribution in [0, 0.1) is 6.57 Å². The molecule has 3 heterocycles. The molecule has 1 aromatic carbocycles. The molecule has 0 aliphatic carbocycles. The lowest BCUT2D eigenvalue weighted by atomic mass is 10.1. The SMILES string of the molecule is [C-]#[N+]c1ccc(Cn2c(N3CC[C@H](F)[C@H](N)C3)nc3ccc(Cl)cc32)nc1. The number of rotatable bonds is 3. The molecular weight excluding hydrogens is 367 g/mol. The zero-order chi connectivity index (χ0) is 19.0. The summed E-state index contributed by atoms with van der Waals surface area (Å²) in [6.07, 6.45) is 0.943. The minimum absolute atomic E-state index is 0.378. The lowest BCUT2D eigenvalue weighted by molar-refractivity contribution is 0.243. The van der Waals surface area contributed by atoms with Gasteiger partial charge in [0.15, 0.2) is 0 Å². The van der Waals surface area contributed by atoms with E-state index < -0.39 is 12.2 Å². The Labute approximate surface area is 161 Å². The van der Waals surface area contributed by atoms with E-state index in [2.05, 4.69) is 9.83 Å². The van der Waals surface area contributed by atoms with Gasteiger partial charge >= 0.3 is 0 Å². The van der Waals surface area contributed by atoms with Crippen molar-refractivity contribution in [1.82, 2.24) is 14.5 Å². The van der Waals surface area contributed by atoms with E-state index in [1.807, 2.05) is 27.7 Å². The minimum atomic E-state index is -0.989. The maximum absolute atomic E-state index is 13.8. The largest absolute Gasteiger partial charge is 0.340 e. The highest BCUT2D eigenvalue weighted by Gasteiger charge is 2.29. The van der Waals surface area contributed by atoms with Gasteiger partial charge < -0.3 is 15.2 Å². The standard InChI is InChI=1S/C19H18ClFN6/c1-23-13-3-4-14(24-9-13)10-27-18-8-12(20)2-5-17(18)25-19(27)26-7-6-15(21)16(22)11-26/h2-5,8-9,15-16H,6-7,10-11,22H2/t15-,16+/m0/s1. The Morgan fingerprint density at radius 3 is 2.89 bits per heavy atom. The second kappa shape index (κ2) is 7.14. The minimum Gasteiger partial charge on any atom is -0.340 e. The number of halogens is 2. The summed E-state index contributed by atoms with van der Waals surface area (Å²) in [6, 6.07) is 8.57. The van der Waals surface area contributed by atoms with E-state index in [0.29, 0.717) is 36.8 Å². The Balaban J connectivity index is 1.76. The molecule has 0 bridgehead atoms. The van der Waals surface area contributed by atoms with Crippen LogP contribution in [0.2, 0.25) is 5.02 Å². The Morgan fingerprint density at radius 1 is 1.33 bits per heavy atom. The van der Waals surface area contributed by atoms with Crippen LogP contribution >= 0.6 is 11.6 Å². The van der Waals surface area contributed by atoms with Gasteiger partial charge in [0.2, 0.25) is 11.6 Å². The topological polar surface area (TPSA) is 64.3 Å². The first kappa shape index (κ1) is 17.7. The van der Waals surface area contributed by atoms with E-state index in [-0.39, 0.29) is 0 Å². The molecule has 138 valence electrons. The molecule has 8 heteroatoms. The predicted molar refractivity (Wildman–Crippen MR) is 104 cm³/mol. The highest BCUT2D eigenvalue weighted by atomic mass is 35.5. The molecule has 0 amide bonds. The van der Waals surface area contributed by atoms with E-state index in [0.717, 1.165) is 22.7 Å². The fraction of sp³-hybridized carbons (Fsp3) is 0.316. The van der Waals surface area contributed by atoms with Crippen LogP contribution in [0.5, 0.6) is 0 Å². The highest BCUT2D eigenvalue weighted by molar-refractivity contribution is 6.31. The Kier molecular flexibility index (Phi) is 4.68. The number of anilines is 1. The summed E-state index contributed by atoms with van der Waals surface area (Å²) in [5.41, 5.74) is 8.92. The summed E-state index contributed by atoms with van der Waals surface area (Å²) in [4.78, 5) is 14.5. The molecule has 2 N–H and O–H groups in total. The van der Waals surface area contributed by atoms with Crippen molar-refractivity contribution in [3.05, 3.63) is 58.7 Å². The molecule has 0 unspecified atom stereocenters. The number of imidazole rings is 1. The Bertz CT molecular complexity index is 1010. The number of piperidine rings is 1. The third-order valence-electron chi connectivity index (χ3n) is 4.80. The van der Waals surface area contributed by atoms with Crippen LogP contribution in [-0.4, -0.2) is 39.8 Å². The van der Waals surface area contributed by atoms with Crippen molar-refractivity contribution in [2.75, 3.05) is 18.0 Å². The van der Waals surface area contributed by atoms with Gasteiger partial charge in [-0.3, -0.25) is 4.98 Å². The monoisotopic (exact) mass is 384 g/mol. The maximum atomic E-state index is 13.8. The van der Waals surface area contributed by atoms with E-state index in [1.165, 1.54) is 0 Å². The number of hydrogen-bond donors (Lipinski definition) is 1. The summed E-state index contributed by atoms with van der Waals surface area (Å²) in [7, 11) is 0. The van der Waals surface area contributed by atoms with Crippen molar-refractivity contribution < 1.29 is 4.39 Å². The number of pyridine rings is 1. The Hall–Kier alpha value is -2.69. The van der Waals surface area contributed by atoms with E-state index >= 15 is 0 Å². The third-order valence-corrected chi connectivity index (χ3v) is 5.04. The molecule has 2 atom stereocenters. The van der Waals surface area contributed by atoms with E-state index in [9.17, 15) is 4.39 Å². The Morgan fingerprint density at radius 2 is 2.19 bits per heavy atom. The molecule has 3 aromatic rings. The molecule has 1 saturated heterocycles. The van der Waals surface area contributed by atoms with Crippen LogP contribution < -0.4 is 10.6 Å². The molecule has 1 aliphatic heterocycles. The van der Waals surface area contributed by atoms with Crippen LogP contribution in [0.4, 0.5) is 16.0 Å². The molecule has 0 spiro atoms. The molecule has 27 heavy (non-hydrogen) atoms. The summed E-state index contributed by atoms with van der Waals surface area (Å²) < 4.78 is 15.8. The van der Waals surface area contributed by atoms with Crippen molar-refractivity contribution in [1.29, 1.82) is 0 Å². The smallest absolute Gasteiger partial charge is 0.206 e. The average Bonchev–Trinajstić information content (AvgIpc) is 3.02. The van der Waals surface area contributed by atoms with Crippen molar-refractivity contribution in [2.24, 2.45) is 5.73 Å². The zero-order valence-electron chi connectivity index (χ0n) is 14.5. The van der Waals surface area contributed by atoms with E-state index in [1.54, 1.807) is 18.3 Å². The summed E-state index contributed by atoms with van der Waals surface area (Å²) in [5.74, 6) is 0.727. The summed E-state index contributed by atoms with van der Waals surface area (Å²) in [6.45, 7) is 8.48. The number of fused-ring (bicyclic) bond motifs is 1. The zero-order valence-corrected chi connectivity index (χ0v) is 15.3. The molecular formula is C19H18ClFN6. The fourth-order valence-corrected chi connectivity index (χ4v) is 3.52. The number of nitrogens with zero attached hydrogens (tertiary/aromatic N) is 5. The number of alkyl halides is 1. The molecule has 2 aromatic heterocycles. The van der Waals surface area contributed by atoms with Crippen molar-refractivity contribution in [3.63, 3.8) is 0 Å². The first-order valence-corrected chi connectivity index (χ1v) is 9.06. The maximum Gasteiger partial charge on any atom is 0.206 e.